The molecule has 1 rings (SSSR count). The molecule has 5 heteroatoms. The first kappa shape index (κ1) is 15.7. The minimum absolute atomic E-state index is 0.392. The number of hydrogen-bond donors (Lipinski definition) is 1. The Morgan fingerprint density at radius 3 is 2.47 bits per heavy atom. The summed E-state index contributed by atoms with van der Waals surface area (Å²) in [5.41, 5.74) is 5.90. The summed E-state index contributed by atoms with van der Waals surface area (Å²) >= 11 is 0. The van der Waals surface area contributed by atoms with Gasteiger partial charge < -0.3 is 15.5 Å². The quantitative estimate of drug-likeness (QED) is 0.814. The van der Waals surface area contributed by atoms with Crippen LogP contribution in [0.2, 0.25) is 0 Å². The summed E-state index contributed by atoms with van der Waals surface area (Å²) < 4.78 is 0. The molecule has 108 valence electrons. The maximum absolute atomic E-state index is 5.90. The maximum atomic E-state index is 5.90. The molecule has 1 aromatic heterocycles. The van der Waals surface area contributed by atoms with Gasteiger partial charge in [0.05, 0.1) is 0 Å². The highest BCUT2D eigenvalue weighted by Crippen LogP contribution is 2.17. The van der Waals surface area contributed by atoms with Crippen molar-refractivity contribution in [2.45, 2.75) is 39.7 Å². The van der Waals surface area contributed by atoms with Crippen LogP contribution in [0.15, 0.2) is 6.07 Å². The number of nitrogens with zero attached hydrogens (tertiary/aromatic N) is 4. The predicted molar refractivity (Wildman–Crippen MR) is 81.5 cm³/mol. The van der Waals surface area contributed by atoms with Gasteiger partial charge in [0.1, 0.15) is 17.5 Å². The van der Waals surface area contributed by atoms with Crippen LogP contribution >= 0.6 is 0 Å². The summed E-state index contributed by atoms with van der Waals surface area (Å²) in [5, 5.41) is 0. The van der Waals surface area contributed by atoms with Crippen LogP contribution in [0, 0.1) is 0 Å². The Bertz CT molecular complexity index is 391. The molecule has 0 saturated carbocycles. The number of nitrogen functional groups attached to an aromatic ring is 1. The van der Waals surface area contributed by atoms with E-state index in [1.807, 2.05) is 6.07 Å². The molecular weight excluding hydrogens is 238 g/mol. The second-order valence-electron chi connectivity index (χ2n) is 5.21. The van der Waals surface area contributed by atoms with Crippen LogP contribution < -0.4 is 10.6 Å². The maximum Gasteiger partial charge on any atom is 0.134 e. The molecule has 1 aromatic rings. The topological polar surface area (TPSA) is 58.3 Å². The van der Waals surface area contributed by atoms with Gasteiger partial charge in [-0.3, -0.25) is 0 Å². The number of hydrogen-bond acceptors (Lipinski definition) is 5. The number of likely N-dealkylation sites (N-methyl/N-ethyl adjacent to an activating group) is 2. The Morgan fingerprint density at radius 2 is 1.95 bits per heavy atom. The molecule has 1 atom stereocenters. The zero-order valence-corrected chi connectivity index (χ0v) is 12.8. The number of rotatable bonds is 7. The van der Waals surface area contributed by atoms with E-state index < -0.39 is 0 Å². The summed E-state index contributed by atoms with van der Waals surface area (Å²) in [6.45, 7) is 8.38. The molecule has 0 aliphatic heterocycles. The number of aromatic nitrogens is 2. The first-order chi connectivity index (χ1) is 8.97. The lowest BCUT2D eigenvalue weighted by molar-refractivity contribution is 0.372. The van der Waals surface area contributed by atoms with Crippen molar-refractivity contribution < 1.29 is 0 Å². The van der Waals surface area contributed by atoms with Crippen LogP contribution in [-0.4, -0.2) is 48.1 Å². The van der Waals surface area contributed by atoms with Gasteiger partial charge in [-0.15, -0.1) is 0 Å². The van der Waals surface area contributed by atoms with Crippen molar-refractivity contribution >= 4 is 11.6 Å². The fourth-order valence-electron chi connectivity index (χ4n) is 2.31. The molecule has 0 aliphatic carbocycles. The van der Waals surface area contributed by atoms with Gasteiger partial charge in [0.15, 0.2) is 0 Å². The summed E-state index contributed by atoms with van der Waals surface area (Å²) in [6, 6.07) is 2.26. The predicted octanol–water partition coefficient (Wildman–Crippen LogP) is 1.79. The number of aryl methyl sites for hydroxylation is 1. The zero-order valence-electron chi connectivity index (χ0n) is 12.8. The van der Waals surface area contributed by atoms with Crippen molar-refractivity contribution in [2.24, 2.45) is 0 Å². The SMILES string of the molecule is CCCc1nc(N)cc(N(CC)C(C)CN(C)C)n1. The molecule has 1 heterocycles. The molecule has 2 N–H and O–H groups in total. The molecule has 0 saturated heterocycles. The van der Waals surface area contributed by atoms with E-state index in [2.05, 4.69) is 54.6 Å². The Hall–Kier alpha value is -1.36. The molecule has 0 spiro atoms. The van der Waals surface area contributed by atoms with Crippen molar-refractivity contribution in [2.75, 3.05) is 37.8 Å². The lowest BCUT2D eigenvalue weighted by Gasteiger charge is -2.31. The summed E-state index contributed by atoms with van der Waals surface area (Å²) in [7, 11) is 4.17. The third-order valence-corrected chi connectivity index (χ3v) is 3.05. The van der Waals surface area contributed by atoms with E-state index >= 15 is 0 Å². The normalized spacial score (nSPS) is 12.7. The molecule has 5 nitrogen and oxygen atoms in total. The average molecular weight is 265 g/mol. The first-order valence-electron chi connectivity index (χ1n) is 7.02. The van der Waals surface area contributed by atoms with Crippen LogP contribution in [0.1, 0.15) is 33.0 Å². The molecule has 0 fully saturated rings. The van der Waals surface area contributed by atoms with Crippen molar-refractivity contribution in [3.8, 4) is 0 Å². The third kappa shape index (κ3) is 4.67. The van der Waals surface area contributed by atoms with Gasteiger partial charge in [0.25, 0.3) is 0 Å². The lowest BCUT2D eigenvalue weighted by Crippen LogP contribution is -2.40. The highest BCUT2D eigenvalue weighted by atomic mass is 15.2. The third-order valence-electron chi connectivity index (χ3n) is 3.05. The molecule has 0 amide bonds. The van der Waals surface area contributed by atoms with E-state index in [-0.39, 0.29) is 0 Å². The average Bonchev–Trinajstić information content (AvgIpc) is 2.28. The van der Waals surface area contributed by atoms with E-state index in [9.17, 15) is 0 Å². The number of anilines is 2. The molecule has 0 bridgehead atoms. The second-order valence-corrected chi connectivity index (χ2v) is 5.21. The Balaban J connectivity index is 2.96. The molecule has 0 aromatic carbocycles. The largest absolute Gasteiger partial charge is 0.384 e. The van der Waals surface area contributed by atoms with Crippen molar-refractivity contribution in [3.63, 3.8) is 0 Å². The summed E-state index contributed by atoms with van der Waals surface area (Å²) in [6.07, 6.45) is 1.90. The Kier molecular flexibility index (Phi) is 6.02. The van der Waals surface area contributed by atoms with E-state index in [1.165, 1.54) is 0 Å². The minimum Gasteiger partial charge on any atom is -0.384 e. The molecule has 1 unspecified atom stereocenters. The highest BCUT2D eigenvalue weighted by molar-refractivity contribution is 5.47. The highest BCUT2D eigenvalue weighted by Gasteiger charge is 2.16. The Labute approximate surface area is 116 Å². The van der Waals surface area contributed by atoms with Crippen LogP contribution in [0.3, 0.4) is 0 Å². The van der Waals surface area contributed by atoms with E-state index in [0.29, 0.717) is 11.9 Å². The van der Waals surface area contributed by atoms with E-state index in [0.717, 1.165) is 37.6 Å². The fourth-order valence-corrected chi connectivity index (χ4v) is 2.31. The van der Waals surface area contributed by atoms with Gasteiger partial charge in [-0.05, 0) is 34.4 Å². The summed E-state index contributed by atoms with van der Waals surface area (Å²) in [4.78, 5) is 13.4. The van der Waals surface area contributed by atoms with Crippen molar-refractivity contribution in [3.05, 3.63) is 11.9 Å². The molecular formula is C14H27N5. The van der Waals surface area contributed by atoms with Gasteiger partial charge >= 0.3 is 0 Å². The molecule has 0 aliphatic rings. The van der Waals surface area contributed by atoms with Crippen molar-refractivity contribution in [1.82, 2.24) is 14.9 Å². The van der Waals surface area contributed by atoms with Crippen LogP contribution in [0.4, 0.5) is 11.6 Å². The lowest BCUT2D eigenvalue weighted by atomic mass is 10.2. The zero-order chi connectivity index (χ0) is 14.4. The van der Waals surface area contributed by atoms with Gasteiger partial charge in [0.2, 0.25) is 0 Å². The fraction of sp³-hybridized carbons (Fsp3) is 0.714. The van der Waals surface area contributed by atoms with Crippen LogP contribution in [0.25, 0.3) is 0 Å². The van der Waals surface area contributed by atoms with Gasteiger partial charge in [-0.2, -0.15) is 0 Å². The minimum atomic E-state index is 0.392. The van der Waals surface area contributed by atoms with Gasteiger partial charge in [-0.25, -0.2) is 9.97 Å². The van der Waals surface area contributed by atoms with E-state index in [1.54, 1.807) is 0 Å². The number of nitrogens with two attached hydrogens (primary N) is 1. The summed E-state index contributed by atoms with van der Waals surface area (Å²) in [5.74, 6) is 2.34. The van der Waals surface area contributed by atoms with Crippen LogP contribution in [0.5, 0.6) is 0 Å². The molecule has 0 radical (unpaired) electrons. The Morgan fingerprint density at radius 1 is 1.26 bits per heavy atom. The van der Waals surface area contributed by atoms with Crippen LogP contribution in [-0.2, 0) is 6.42 Å². The van der Waals surface area contributed by atoms with Gasteiger partial charge in [-0.1, -0.05) is 6.92 Å². The smallest absolute Gasteiger partial charge is 0.134 e. The monoisotopic (exact) mass is 265 g/mol. The van der Waals surface area contributed by atoms with Gasteiger partial charge in [0, 0.05) is 31.6 Å². The van der Waals surface area contributed by atoms with Crippen molar-refractivity contribution in [1.29, 1.82) is 0 Å². The molecule has 19 heavy (non-hydrogen) atoms. The standard InChI is InChI=1S/C14H27N5/c1-6-8-13-16-12(15)9-14(17-13)19(7-2)11(3)10-18(4)5/h9,11H,6-8,10H2,1-5H3,(H2,15,16,17). The first-order valence-corrected chi connectivity index (χ1v) is 7.02. The van der Waals surface area contributed by atoms with E-state index in [4.69, 9.17) is 5.73 Å². The second kappa shape index (κ2) is 7.28.